The zero-order chi connectivity index (χ0) is 16.1. The lowest BCUT2D eigenvalue weighted by atomic mass is 10.2. The number of aromatic hydroxyl groups is 1. The van der Waals surface area contributed by atoms with Gasteiger partial charge in [0.25, 0.3) is 0 Å². The summed E-state index contributed by atoms with van der Waals surface area (Å²) in [4.78, 5) is 24.3. The molecule has 0 radical (unpaired) electrons. The van der Waals surface area contributed by atoms with Gasteiger partial charge in [0.2, 0.25) is 0 Å². The SMILES string of the molecule is COc1cc(CN(C(=O)NCCC(=O)O)C2CC2)ccc1O. The lowest BCUT2D eigenvalue weighted by Gasteiger charge is -2.23. The van der Waals surface area contributed by atoms with Crippen molar-refractivity contribution in [3.05, 3.63) is 23.8 Å². The number of benzene rings is 1. The number of nitrogens with one attached hydrogen (secondary N) is 1. The van der Waals surface area contributed by atoms with Crippen LogP contribution in [0.3, 0.4) is 0 Å². The van der Waals surface area contributed by atoms with E-state index in [2.05, 4.69) is 5.32 Å². The molecule has 22 heavy (non-hydrogen) atoms. The summed E-state index contributed by atoms with van der Waals surface area (Å²) in [6.45, 7) is 0.497. The van der Waals surface area contributed by atoms with Crippen LogP contribution in [0.25, 0.3) is 0 Å². The minimum Gasteiger partial charge on any atom is -0.504 e. The molecule has 1 aromatic carbocycles. The largest absolute Gasteiger partial charge is 0.504 e. The smallest absolute Gasteiger partial charge is 0.317 e. The maximum Gasteiger partial charge on any atom is 0.317 e. The zero-order valence-electron chi connectivity index (χ0n) is 12.4. The first-order valence-electron chi connectivity index (χ1n) is 7.13. The Kier molecular flexibility index (Phi) is 5.08. The second-order valence-electron chi connectivity index (χ2n) is 5.24. The summed E-state index contributed by atoms with van der Waals surface area (Å²) in [5, 5.41) is 20.8. The second-order valence-corrected chi connectivity index (χ2v) is 5.24. The summed E-state index contributed by atoms with van der Waals surface area (Å²) in [6, 6.07) is 4.87. The van der Waals surface area contributed by atoms with Crippen molar-refractivity contribution in [3.8, 4) is 11.5 Å². The van der Waals surface area contributed by atoms with Crippen molar-refractivity contribution < 1.29 is 24.5 Å². The molecule has 7 nitrogen and oxygen atoms in total. The minimum atomic E-state index is -0.943. The number of amides is 2. The maximum atomic E-state index is 12.2. The third-order valence-electron chi connectivity index (χ3n) is 3.46. The van der Waals surface area contributed by atoms with Gasteiger partial charge in [0.15, 0.2) is 11.5 Å². The number of hydrogen-bond acceptors (Lipinski definition) is 4. The predicted molar refractivity (Wildman–Crippen MR) is 78.9 cm³/mol. The predicted octanol–water partition coefficient (Wildman–Crippen LogP) is 1.55. The number of ether oxygens (including phenoxy) is 1. The Balaban J connectivity index is 1.99. The van der Waals surface area contributed by atoms with Gasteiger partial charge < -0.3 is 25.2 Å². The Labute approximate surface area is 128 Å². The number of urea groups is 1. The van der Waals surface area contributed by atoms with E-state index < -0.39 is 5.97 Å². The number of carboxylic acid groups (broad SMARTS) is 1. The normalized spacial score (nSPS) is 13.5. The van der Waals surface area contributed by atoms with E-state index in [-0.39, 0.29) is 30.8 Å². The van der Waals surface area contributed by atoms with Crippen molar-refractivity contribution in [1.82, 2.24) is 10.2 Å². The van der Waals surface area contributed by atoms with Crippen LogP contribution >= 0.6 is 0 Å². The number of rotatable bonds is 7. The van der Waals surface area contributed by atoms with Gasteiger partial charge >= 0.3 is 12.0 Å². The molecule has 1 aliphatic rings. The molecule has 0 spiro atoms. The fraction of sp³-hybridized carbons (Fsp3) is 0.467. The Morgan fingerprint density at radius 3 is 2.73 bits per heavy atom. The average molecular weight is 308 g/mol. The van der Waals surface area contributed by atoms with Gasteiger partial charge in [0.1, 0.15) is 0 Å². The number of carboxylic acids is 1. The number of phenolic OH excluding ortho intramolecular Hbond substituents is 1. The van der Waals surface area contributed by atoms with Crippen LogP contribution in [-0.2, 0) is 11.3 Å². The average Bonchev–Trinajstić information content (AvgIpc) is 3.30. The highest BCUT2D eigenvalue weighted by atomic mass is 16.5. The molecule has 1 fully saturated rings. The molecular formula is C15H20N2O5. The third-order valence-corrected chi connectivity index (χ3v) is 3.46. The van der Waals surface area contributed by atoms with E-state index in [1.54, 1.807) is 17.0 Å². The first-order valence-corrected chi connectivity index (χ1v) is 7.13. The summed E-state index contributed by atoms with van der Waals surface area (Å²) < 4.78 is 5.06. The van der Waals surface area contributed by atoms with Crippen LogP contribution in [0.2, 0.25) is 0 Å². The highest BCUT2D eigenvalue weighted by Gasteiger charge is 2.32. The first-order chi connectivity index (χ1) is 10.5. The molecule has 0 unspecified atom stereocenters. The van der Waals surface area contributed by atoms with Crippen molar-refractivity contribution in [1.29, 1.82) is 0 Å². The van der Waals surface area contributed by atoms with Crippen LogP contribution in [0.5, 0.6) is 11.5 Å². The van der Waals surface area contributed by atoms with Gasteiger partial charge in [0, 0.05) is 19.1 Å². The van der Waals surface area contributed by atoms with Gasteiger partial charge in [-0.15, -0.1) is 0 Å². The van der Waals surface area contributed by atoms with Crippen LogP contribution in [0.15, 0.2) is 18.2 Å². The third kappa shape index (κ3) is 4.28. The number of aliphatic carboxylic acids is 1. The number of carbonyl (C=O) groups is 2. The molecule has 0 bridgehead atoms. The Hall–Kier alpha value is -2.44. The first kappa shape index (κ1) is 15.9. The lowest BCUT2D eigenvalue weighted by Crippen LogP contribution is -2.41. The molecule has 0 saturated heterocycles. The second kappa shape index (κ2) is 7.02. The summed E-state index contributed by atoms with van der Waals surface area (Å²) in [5.74, 6) is -0.531. The summed E-state index contributed by atoms with van der Waals surface area (Å²) in [6.07, 6.45) is 1.79. The van der Waals surface area contributed by atoms with E-state index in [4.69, 9.17) is 9.84 Å². The fourth-order valence-corrected chi connectivity index (χ4v) is 2.15. The Bertz CT molecular complexity index is 557. The molecule has 120 valence electrons. The van der Waals surface area contributed by atoms with Gasteiger partial charge in [-0.05, 0) is 30.5 Å². The Morgan fingerprint density at radius 2 is 2.14 bits per heavy atom. The number of methoxy groups -OCH3 is 1. The Morgan fingerprint density at radius 1 is 1.41 bits per heavy atom. The molecule has 7 heteroatoms. The van der Waals surface area contributed by atoms with Crippen molar-refractivity contribution in [2.75, 3.05) is 13.7 Å². The lowest BCUT2D eigenvalue weighted by molar-refractivity contribution is -0.136. The summed E-state index contributed by atoms with van der Waals surface area (Å²) in [7, 11) is 1.47. The van der Waals surface area contributed by atoms with E-state index in [9.17, 15) is 14.7 Å². The highest BCUT2D eigenvalue weighted by molar-refractivity contribution is 5.76. The fourth-order valence-electron chi connectivity index (χ4n) is 2.15. The molecule has 2 rings (SSSR count). The molecule has 1 aromatic rings. The highest BCUT2D eigenvalue weighted by Crippen LogP contribution is 2.31. The summed E-state index contributed by atoms with van der Waals surface area (Å²) in [5.41, 5.74) is 0.843. The van der Waals surface area contributed by atoms with Crippen molar-refractivity contribution >= 4 is 12.0 Å². The summed E-state index contributed by atoms with van der Waals surface area (Å²) >= 11 is 0. The molecule has 0 aliphatic heterocycles. The van der Waals surface area contributed by atoms with Crippen LogP contribution in [0.1, 0.15) is 24.8 Å². The molecule has 0 atom stereocenters. The van der Waals surface area contributed by atoms with Gasteiger partial charge in [-0.3, -0.25) is 4.79 Å². The molecule has 2 amide bonds. The molecule has 3 N–H and O–H groups in total. The van der Waals surface area contributed by atoms with E-state index in [0.29, 0.717) is 12.3 Å². The van der Waals surface area contributed by atoms with Crippen LogP contribution in [0, 0.1) is 0 Å². The van der Waals surface area contributed by atoms with Gasteiger partial charge in [0.05, 0.1) is 13.5 Å². The van der Waals surface area contributed by atoms with Crippen LogP contribution in [-0.4, -0.2) is 46.8 Å². The van der Waals surface area contributed by atoms with Crippen LogP contribution in [0.4, 0.5) is 4.79 Å². The minimum absolute atomic E-state index is 0.0510. The number of phenols is 1. The van der Waals surface area contributed by atoms with E-state index in [1.165, 1.54) is 13.2 Å². The van der Waals surface area contributed by atoms with Crippen LogP contribution < -0.4 is 10.1 Å². The maximum absolute atomic E-state index is 12.2. The zero-order valence-corrected chi connectivity index (χ0v) is 12.4. The molecule has 1 saturated carbocycles. The van der Waals surface area contributed by atoms with E-state index in [0.717, 1.165) is 18.4 Å². The van der Waals surface area contributed by atoms with Gasteiger partial charge in [-0.2, -0.15) is 0 Å². The topological polar surface area (TPSA) is 99.1 Å². The monoisotopic (exact) mass is 308 g/mol. The molecular weight excluding hydrogens is 288 g/mol. The number of carbonyl (C=O) groups excluding carboxylic acids is 1. The molecule has 0 heterocycles. The standard InChI is InChI=1S/C15H20N2O5/c1-22-13-8-10(2-5-12(13)18)9-17(11-3-4-11)15(21)16-7-6-14(19)20/h2,5,8,11,18H,3-4,6-7,9H2,1H3,(H,16,21)(H,19,20). The number of hydrogen-bond donors (Lipinski definition) is 3. The van der Waals surface area contributed by atoms with E-state index in [1.807, 2.05) is 0 Å². The molecule has 0 aromatic heterocycles. The van der Waals surface area contributed by atoms with Crippen molar-refractivity contribution in [3.63, 3.8) is 0 Å². The van der Waals surface area contributed by atoms with E-state index >= 15 is 0 Å². The van der Waals surface area contributed by atoms with Gasteiger partial charge in [-0.25, -0.2) is 4.79 Å². The van der Waals surface area contributed by atoms with Crippen molar-refractivity contribution in [2.45, 2.75) is 31.8 Å². The number of nitrogens with zero attached hydrogens (tertiary/aromatic N) is 1. The van der Waals surface area contributed by atoms with Gasteiger partial charge in [-0.1, -0.05) is 6.07 Å². The quantitative estimate of drug-likeness (QED) is 0.710. The molecule has 1 aliphatic carbocycles. The van der Waals surface area contributed by atoms with Crippen molar-refractivity contribution in [2.24, 2.45) is 0 Å².